The van der Waals surface area contributed by atoms with E-state index < -0.39 is 5.97 Å². The Labute approximate surface area is 157 Å². The summed E-state index contributed by atoms with van der Waals surface area (Å²) < 4.78 is 0. The number of phenolic OH excluding ortho intramolecular Hbond substituents is 1. The maximum Gasteiger partial charge on any atom is 0.336 e. The molecule has 0 spiro atoms. The first-order chi connectivity index (χ1) is 13.0. The molecule has 3 rings (SSSR count). The van der Waals surface area contributed by atoms with E-state index in [-0.39, 0.29) is 22.7 Å². The first-order valence-electron chi connectivity index (χ1n) is 8.55. The third-order valence-corrected chi connectivity index (χ3v) is 4.33. The lowest BCUT2D eigenvalue weighted by atomic mass is 9.98. The molecule has 136 valence electrons. The van der Waals surface area contributed by atoms with Gasteiger partial charge in [-0.15, -0.1) is 0 Å². The van der Waals surface area contributed by atoms with Crippen LogP contribution in [-0.2, 0) is 0 Å². The molecule has 0 saturated heterocycles. The molecule has 0 amide bonds. The van der Waals surface area contributed by atoms with E-state index >= 15 is 0 Å². The smallest absolute Gasteiger partial charge is 0.336 e. The summed E-state index contributed by atoms with van der Waals surface area (Å²) in [4.78, 5) is 26.0. The van der Waals surface area contributed by atoms with Gasteiger partial charge < -0.3 is 15.1 Å². The lowest BCUT2D eigenvalue weighted by molar-refractivity contribution is 0.0693. The van der Waals surface area contributed by atoms with Gasteiger partial charge in [-0.25, -0.2) is 4.79 Å². The van der Waals surface area contributed by atoms with E-state index in [2.05, 4.69) is 0 Å². The number of benzene rings is 3. The molecule has 5 nitrogen and oxygen atoms in total. The highest BCUT2D eigenvalue weighted by Gasteiger charge is 2.18. The normalized spacial score (nSPS) is 10.4. The van der Waals surface area contributed by atoms with Gasteiger partial charge in [-0.3, -0.25) is 4.79 Å². The van der Waals surface area contributed by atoms with Crippen molar-refractivity contribution in [3.05, 3.63) is 89.5 Å². The van der Waals surface area contributed by atoms with Crippen molar-refractivity contribution in [1.82, 2.24) is 0 Å². The number of rotatable bonds is 6. The van der Waals surface area contributed by atoms with Crippen LogP contribution in [0.15, 0.2) is 72.8 Å². The van der Waals surface area contributed by atoms with Crippen LogP contribution < -0.4 is 4.90 Å². The van der Waals surface area contributed by atoms with Crippen molar-refractivity contribution in [2.24, 2.45) is 0 Å². The summed E-state index contributed by atoms with van der Waals surface area (Å²) in [6.45, 7) is 2.60. The summed E-state index contributed by atoms with van der Waals surface area (Å²) >= 11 is 0. The number of carbonyl (C=O) groups is 2. The Morgan fingerprint density at radius 1 is 0.852 bits per heavy atom. The minimum atomic E-state index is -1.13. The number of hydrogen-bond donors (Lipinski definition) is 2. The number of ketones is 1. The van der Waals surface area contributed by atoms with E-state index in [1.165, 1.54) is 12.1 Å². The number of phenols is 1. The van der Waals surface area contributed by atoms with Crippen molar-refractivity contribution in [3.8, 4) is 5.75 Å². The summed E-state index contributed by atoms with van der Waals surface area (Å²) in [5, 5.41) is 19.4. The molecule has 0 bridgehead atoms. The zero-order valence-corrected chi connectivity index (χ0v) is 14.8. The number of anilines is 2. The third kappa shape index (κ3) is 3.67. The molecule has 0 fully saturated rings. The van der Waals surface area contributed by atoms with Crippen molar-refractivity contribution >= 4 is 23.1 Å². The van der Waals surface area contributed by atoms with Crippen LogP contribution in [0.4, 0.5) is 11.4 Å². The van der Waals surface area contributed by atoms with E-state index in [1.54, 1.807) is 48.5 Å². The molecule has 0 aromatic heterocycles. The SMILES string of the molecule is CCN(c1ccc(C(=O)c2ccccc2C(=O)O)cc1)c1ccccc1O. The first kappa shape index (κ1) is 18.2. The van der Waals surface area contributed by atoms with Crippen LogP contribution in [0.3, 0.4) is 0 Å². The Hall–Kier alpha value is -3.60. The number of para-hydroxylation sites is 2. The Bertz CT molecular complexity index is 980. The molecule has 3 aromatic rings. The molecule has 0 atom stereocenters. The fourth-order valence-electron chi connectivity index (χ4n) is 3.00. The van der Waals surface area contributed by atoms with Gasteiger partial charge in [0.15, 0.2) is 5.78 Å². The second-order valence-electron chi connectivity index (χ2n) is 5.96. The van der Waals surface area contributed by atoms with Crippen LogP contribution in [0.1, 0.15) is 33.2 Å². The van der Waals surface area contributed by atoms with Crippen molar-refractivity contribution < 1.29 is 19.8 Å². The maximum absolute atomic E-state index is 12.7. The molecule has 0 aliphatic heterocycles. The predicted molar refractivity (Wildman–Crippen MR) is 104 cm³/mol. The molecule has 0 heterocycles. The summed E-state index contributed by atoms with van der Waals surface area (Å²) in [6.07, 6.45) is 0. The summed E-state index contributed by atoms with van der Waals surface area (Å²) in [6, 6.07) is 20.1. The summed E-state index contributed by atoms with van der Waals surface area (Å²) in [5.74, 6) is -1.30. The van der Waals surface area contributed by atoms with Crippen LogP contribution >= 0.6 is 0 Å². The van der Waals surface area contributed by atoms with Crippen LogP contribution in [0.2, 0.25) is 0 Å². The van der Waals surface area contributed by atoms with Gasteiger partial charge >= 0.3 is 5.97 Å². The molecule has 5 heteroatoms. The lowest BCUT2D eigenvalue weighted by Crippen LogP contribution is -2.16. The number of aromatic carboxylic acids is 1. The average Bonchev–Trinajstić information content (AvgIpc) is 2.70. The molecule has 3 aromatic carbocycles. The summed E-state index contributed by atoms with van der Waals surface area (Å²) in [5.41, 5.74) is 2.04. The van der Waals surface area contributed by atoms with Crippen LogP contribution in [0, 0.1) is 0 Å². The lowest BCUT2D eigenvalue weighted by Gasteiger charge is -2.24. The Kier molecular flexibility index (Phi) is 5.22. The quantitative estimate of drug-likeness (QED) is 0.633. The minimum Gasteiger partial charge on any atom is -0.506 e. The highest BCUT2D eigenvalue weighted by atomic mass is 16.4. The average molecular weight is 361 g/mol. The van der Waals surface area contributed by atoms with Gasteiger partial charge in [-0.1, -0.05) is 30.3 Å². The largest absolute Gasteiger partial charge is 0.506 e. The first-order valence-corrected chi connectivity index (χ1v) is 8.55. The van der Waals surface area contributed by atoms with E-state index in [0.29, 0.717) is 17.8 Å². The van der Waals surface area contributed by atoms with Crippen LogP contribution in [0.5, 0.6) is 5.75 Å². The van der Waals surface area contributed by atoms with E-state index in [9.17, 15) is 19.8 Å². The van der Waals surface area contributed by atoms with Crippen molar-refractivity contribution in [2.45, 2.75) is 6.92 Å². The predicted octanol–water partition coefficient (Wildman–Crippen LogP) is 4.48. The summed E-state index contributed by atoms with van der Waals surface area (Å²) in [7, 11) is 0. The second-order valence-corrected chi connectivity index (χ2v) is 5.96. The maximum atomic E-state index is 12.7. The molecule has 0 aliphatic rings. The zero-order chi connectivity index (χ0) is 19.4. The Morgan fingerprint density at radius 3 is 2.04 bits per heavy atom. The van der Waals surface area contributed by atoms with Gasteiger partial charge in [-0.2, -0.15) is 0 Å². The fraction of sp³-hybridized carbons (Fsp3) is 0.0909. The number of nitrogens with zero attached hydrogens (tertiary/aromatic N) is 1. The van der Waals surface area contributed by atoms with Crippen molar-refractivity contribution in [3.63, 3.8) is 0 Å². The van der Waals surface area contributed by atoms with Gasteiger partial charge in [-0.05, 0) is 49.4 Å². The van der Waals surface area contributed by atoms with Gasteiger partial charge in [0.1, 0.15) is 5.75 Å². The van der Waals surface area contributed by atoms with Gasteiger partial charge in [0.25, 0.3) is 0 Å². The monoisotopic (exact) mass is 361 g/mol. The number of aromatic hydroxyl groups is 1. The topological polar surface area (TPSA) is 77.8 Å². The molecular weight excluding hydrogens is 342 g/mol. The number of hydrogen-bond acceptors (Lipinski definition) is 4. The molecule has 2 N–H and O–H groups in total. The zero-order valence-electron chi connectivity index (χ0n) is 14.8. The molecule has 0 aliphatic carbocycles. The van der Waals surface area contributed by atoms with Crippen LogP contribution in [0.25, 0.3) is 0 Å². The van der Waals surface area contributed by atoms with Gasteiger partial charge in [0.05, 0.1) is 11.3 Å². The minimum absolute atomic E-state index is 0.0176. The highest BCUT2D eigenvalue weighted by molar-refractivity contribution is 6.14. The van der Waals surface area contributed by atoms with E-state index in [4.69, 9.17) is 0 Å². The molecule has 0 unspecified atom stereocenters. The molecule has 0 saturated carbocycles. The number of carboxylic acids is 1. The fourth-order valence-corrected chi connectivity index (χ4v) is 3.00. The van der Waals surface area contributed by atoms with Crippen molar-refractivity contribution in [1.29, 1.82) is 0 Å². The molecule has 27 heavy (non-hydrogen) atoms. The van der Waals surface area contributed by atoms with Gasteiger partial charge in [0.2, 0.25) is 0 Å². The standard InChI is InChI=1S/C22H19NO4/c1-2-23(19-9-5-6-10-20(19)24)16-13-11-15(12-14-16)21(25)17-7-3-4-8-18(17)22(26)27/h3-14,24H,2H2,1H3,(H,26,27). The number of carbonyl (C=O) groups excluding carboxylic acids is 1. The highest BCUT2D eigenvalue weighted by Crippen LogP contribution is 2.32. The molecular formula is C22H19NO4. The van der Waals surface area contributed by atoms with Gasteiger partial charge in [0, 0.05) is 23.4 Å². The molecule has 0 radical (unpaired) electrons. The number of carboxylic acid groups (broad SMARTS) is 1. The Morgan fingerprint density at radius 2 is 1.44 bits per heavy atom. The van der Waals surface area contributed by atoms with Crippen molar-refractivity contribution in [2.75, 3.05) is 11.4 Å². The van der Waals surface area contributed by atoms with E-state index in [1.807, 2.05) is 24.0 Å². The van der Waals surface area contributed by atoms with Crippen LogP contribution in [-0.4, -0.2) is 28.5 Å². The third-order valence-electron chi connectivity index (χ3n) is 4.33. The second kappa shape index (κ2) is 7.74. The Balaban J connectivity index is 1.93. The van der Waals surface area contributed by atoms with E-state index in [0.717, 1.165) is 5.69 Å².